The van der Waals surface area contributed by atoms with Gasteiger partial charge in [-0.15, -0.1) is 4.08 Å². The Balaban J connectivity index is 5.36. The van der Waals surface area contributed by atoms with Crippen molar-refractivity contribution >= 4 is 28.1 Å². The van der Waals surface area contributed by atoms with E-state index in [-0.39, 0.29) is 12.6 Å². The van der Waals surface area contributed by atoms with Crippen LogP contribution in [0, 0.1) is 0 Å². The minimum Gasteiger partial charge on any atom is -0.309 e. The monoisotopic (exact) mass is 289 g/mol. The molecule has 0 bridgehead atoms. The molecule has 0 heterocycles. The highest BCUT2D eigenvalue weighted by molar-refractivity contribution is 8.56. The molecule has 0 spiro atoms. The first-order chi connectivity index (χ1) is 7.19. The Kier molecular flexibility index (Phi) is 6.58. The molecule has 0 radical (unpaired) electrons. The third kappa shape index (κ3) is 4.37. The average molecular weight is 289 g/mol. The van der Waals surface area contributed by atoms with E-state index in [4.69, 9.17) is 4.52 Å². The van der Waals surface area contributed by atoms with Crippen LogP contribution in [0.4, 0.5) is 0 Å². The van der Waals surface area contributed by atoms with Gasteiger partial charge in [-0.2, -0.15) is 0 Å². The van der Waals surface area contributed by atoms with Crippen LogP contribution >= 0.6 is 18.1 Å². The molecule has 0 aromatic heterocycles. The van der Waals surface area contributed by atoms with E-state index in [2.05, 4.69) is 0 Å². The molecular weight excluding hydrogens is 269 g/mol. The number of nitrogens with zero attached hydrogens (tertiary/aromatic N) is 1. The predicted molar refractivity (Wildman–Crippen MR) is 69.2 cm³/mol. The largest absolute Gasteiger partial charge is 0.342 e. The summed E-state index contributed by atoms with van der Waals surface area (Å²) in [5.74, 6) is 0.538. The molecule has 8 heteroatoms. The minimum absolute atomic E-state index is 0.225. The van der Waals surface area contributed by atoms with Crippen LogP contribution in [-0.4, -0.2) is 37.2 Å². The summed E-state index contributed by atoms with van der Waals surface area (Å²) in [6, 6.07) is -0.383. The Hall–Kier alpha value is 0.450. The molecule has 0 saturated carbocycles. The van der Waals surface area contributed by atoms with Crippen LogP contribution in [0.1, 0.15) is 27.7 Å². The maximum atomic E-state index is 12.5. The fraction of sp³-hybridized carbons (Fsp3) is 1.00. The Labute approximate surface area is 102 Å². The first-order valence-corrected chi connectivity index (χ1v) is 10.1. The molecule has 0 rings (SSSR count). The smallest absolute Gasteiger partial charge is 0.309 e. The highest BCUT2D eigenvalue weighted by atomic mass is 32.7. The lowest BCUT2D eigenvalue weighted by Crippen LogP contribution is -2.33. The van der Waals surface area contributed by atoms with Crippen LogP contribution in [0.15, 0.2) is 0 Å². The highest BCUT2D eigenvalue weighted by Crippen LogP contribution is 2.64. The predicted octanol–water partition coefficient (Wildman–Crippen LogP) is 2.55. The van der Waals surface area contributed by atoms with Crippen LogP contribution in [0.2, 0.25) is 0 Å². The lowest BCUT2D eigenvalue weighted by molar-refractivity contribution is 0.308. The Morgan fingerprint density at radius 1 is 1.38 bits per heavy atom. The second-order valence-corrected chi connectivity index (χ2v) is 10.2. The van der Waals surface area contributed by atoms with E-state index in [0.29, 0.717) is 5.75 Å². The number of hydrogen-bond donors (Lipinski definition) is 0. The molecule has 0 aliphatic rings. The Bertz CT molecular complexity index is 345. The van der Waals surface area contributed by atoms with Gasteiger partial charge in [0.15, 0.2) is 0 Å². The van der Waals surface area contributed by atoms with Crippen molar-refractivity contribution in [1.82, 2.24) is 4.08 Å². The molecule has 16 heavy (non-hydrogen) atoms. The molecule has 0 fully saturated rings. The quantitative estimate of drug-likeness (QED) is 0.674. The van der Waals surface area contributed by atoms with Gasteiger partial charge in [-0.3, -0.25) is 4.57 Å². The summed E-state index contributed by atoms with van der Waals surface area (Å²) >= 11 is 1.05. The second kappa shape index (κ2) is 6.40. The van der Waals surface area contributed by atoms with E-state index in [1.807, 2.05) is 6.92 Å². The maximum Gasteiger partial charge on any atom is 0.342 e. The molecule has 0 saturated heterocycles. The summed E-state index contributed by atoms with van der Waals surface area (Å²) in [6.07, 6.45) is 1.05. The van der Waals surface area contributed by atoms with Gasteiger partial charge in [0.05, 0.1) is 12.9 Å². The molecule has 1 atom stereocenters. The van der Waals surface area contributed by atoms with Gasteiger partial charge in [-0.1, -0.05) is 18.3 Å². The van der Waals surface area contributed by atoms with Crippen LogP contribution in [-0.2, 0) is 19.1 Å². The minimum atomic E-state index is -3.54. The van der Waals surface area contributed by atoms with E-state index < -0.39 is 16.7 Å². The van der Waals surface area contributed by atoms with Crippen molar-refractivity contribution in [1.29, 1.82) is 0 Å². The fourth-order valence-electron chi connectivity index (χ4n) is 1.32. The standard InChI is InChI=1S/C8H20NO4PS2/c1-6-13-14(10,15-7-2)9(8(3)4)16(5,11)12/h8H,6-7H2,1-5H3. The lowest BCUT2D eigenvalue weighted by atomic mass is 10.4. The van der Waals surface area contributed by atoms with Crippen molar-refractivity contribution in [3.63, 3.8) is 0 Å². The van der Waals surface area contributed by atoms with E-state index in [9.17, 15) is 13.0 Å². The van der Waals surface area contributed by atoms with E-state index in [1.54, 1.807) is 20.8 Å². The SMILES string of the molecule is CCOP(=O)(SCC)N(C(C)C)S(C)(=O)=O. The third-order valence-electron chi connectivity index (χ3n) is 1.61. The zero-order valence-corrected chi connectivity index (χ0v) is 12.9. The van der Waals surface area contributed by atoms with Crippen LogP contribution in [0.3, 0.4) is 0 Å². The maximum absolute atomic E-state index is 12.5. The van der Waals surface area contributed by atoms with E-state index in [1.165, 1.54) is 0 Å². The van der Waals surface area contributed by atoms with Crippen LogP contribution in [0.25, 0.3) is 0 Å². The van der Waals surface area contributed by atoms with Crippen molar-refractivity contribution in [3.05, 3.63) is 0 Å². The molecule has 0 aromatic carbocycles. The van der Waals surface area contributed by atoms with Crippen molar-refractivity contribution in [2.75, 3.05) is 18.6 Å². The van der Waals surface area contributed by atoms with Crippen LogP contribution < -0.4 is 0 Å². The van der Waals surface area contributed by atoms with Crippen molar-refractivity contribution < 1.29 is 17.5 Å². The van der Waals surface area contributed by atoms with Crippen LogP contribution in [0.5, 0.6) is 0 Å². The summed E-state index contributed by atoms with van der Waals surface area (Å²) in [7, 11) is -3.54. The summed E-state index contributed by atoms with van der Waals surface area (Å²) in [5.41, 5.74) is 0. The molecule has 0 N–H and O–H groups in total. The topological polar surface area (TPSA) is 63.7 Å². The van der Waals surface area contributed by atoms with Gasteiger partial charge in [0, 0.05) is 11.8 Å². The zero-order chi connectivity index (χ0) is 13.0. The normalized spacial score (nSPS) is 16.7. The molecule has 0 aliphatic heterocycles. The zero-order valence-electron chi connectivity index (χ0n) is 10.3. The van der Waals surface area contributed by atoms with Gasteiger partial charge in [0.25, 0.3) is 0 Å². The second-order valence-electron chi connectivity index (χ2n) is 3.43. The number of hydrogen-bond acceptors (Lipinski definition) is 5. The van der Waals surface area contributed by atoms with Gasteiger partial charge >= 0.3 is 6.72 Å². The van der Waals surface area contributed by atoms with Gasteiger partial charge in [0.1, 0.15) is 0 Å². The Morgan fingerprint density at radius 2 is 1.88 bits per heavy atom. The summed E-state index contributed by atoms with van der Waals surface area (Å²) in [4.78, 5) is 0. The number of rotatable bonds is 7. The van der Waals surface area contributed by atoms with Crippen molar-refractivity contribution in [3.8, 4) is 0 Å². The van der Waals surface area contributed by atoms with Crippen molar-refractivity contribution in [2.24, 2.45) is 0 Å². The van der Waals surface area contributed by atoms with Gasteiger partial charge in [-0.25, -0.2) is 8.42 Å². The first-order valence-electron chi connectivity index (χ1n) is 5.08. The van der Waals surface area contributed by atoms with E-state index >= 15 is 0 Å². The summed E-state index contributed by atoms with van der Waals surface area (Å²) in [6.45, 7) is 3.76. The lowest BCUT2D eigenvalue weighted by Gasteiger charge is -2.30. The summed E-state index contributed by atoms with van der Waals surface area (Å²) < 4.78 is 41.9. The highest BCUT2D eigenvalue weighted by Gasteiger charge is 2.40. The third-order valence-corrected chi connectivity index (χ3v) is 9.26. The number of sulfonamides is 1. The fourth-order valence-corrected chi connectivity index (χ4v) is 9.15. The molecule has 98 valence electrons. The van der Waals surface area contributed by atoms with Gasteiger partial charge in [0.2, 0.25) is 10.0 Å². The van der Waals surface area contributed by atoms with E-state index in [0.717, 1.165) is 21.7 Å². The molecule has 0 aromatic rings. The molecule has 0 aliphatic carbocycles. The molecule has 5 nitrogen and oxygen atoms in total. The van der Waals surface area contributed by atoms with Gasteiger partial charge in [-0.05, 0) is 20.8 Å². The van der Waals surface area contributed by atoms with Crippen molar-refractivity contribution in [2.45, 2.75) is 33.7 Å². The molecule has 1 unspecified atom stereocenters. The average Bonchev–Trinajstić information content (AvgIpc) is 1.99. The molecule has 0 amide bonds. The summed E-state index contributed by atoms with van der Waals surface area (Å²) in [5, 5.41) is 0. The molecular formula is C8H20NO4PS2. The first kappa shape index (κ1) is 16.4. The Morgan fingerprint density at radius 3 is 2.12 bits per heavy atom. The van der Waals surface area contributed by atoms with Gasteiger partial charge < -0.3 is 4.52 Å².